The lowest BCUT2D eigenvalue weighted by atomic mass is 10.0. The third kappa shape index (κ3) is 6.42. The maximum atomic E-state index is 5.87. The second kappa shape index (κ2) is 9.47. The van der Waals surface area contributed by atoms with Crippen LogP contribution in [0.25, 0.3) is 0 Å². The van der Waals surface area contributed by atoms with E-state index in [0.29, 0.717) is 0 Å². The van der Waals surface area contributed by atoms with E-state index in [1.165, 1.54) is 32.2 Å². The zero-order valence-electron chi connectivity index (χ0n) is 10.9. The molecule has 0 amide bonds. The van der Waals surface area contributed by atoms with Gasteiger partial charge in [-0.1, -0.05) is 34.1 Å². The van der Waals surface area contributed by atoms with Gasteiger partial charge in [0.1, 0.15) is 0 Å². The van der Waals surface area contributed by atoms with Crippen molar-refractivity contribution in [3.63, 3.8) is 0 Å². The number of nitrogens with zero attached hydrogens (tertiary/aromatic N) is 1. The van der Waals surface area contributed by atoms with Gasteiger partial charge in [0, 0.05) is 25.0 Å². The molecule has 0 saturated heterocycles. The molecule has 0 heterocycles. The summed E-state index contributed by atoms with van der Waals surface area (Å²) >= 11 is 5.87. The fourth-order valence-corrected chi connectivity index (χ4v) is 2.54. The molecule has 0 rings (SSSR count). The van der Waals surface area contributed by atoms with E-state index in [2.05, 4.69) is 32.6 Å². The molecule has 0 radical (unpaired) electrons. The number of alkyl halides is 1. The topological polar surface area (TPSA) is 3.24 Å². The van der Waals surface area contributed by atoms with Crippen LogP contribution < -0.4 is 0 Å². The predicted molar refractivity (Wildman–Crippen MR) is 70.7 cm³/mol. The molecule has 2 heteroatoms. The van der Waals surface area contributed by atoms with Crippen LogP contribution in [0.1, 0.15) is 53.4 Å². The fraction of sp³-hybridized carbons (Fsp3) is 1.00. The highest BCUT2D eigenvalue weighted by Crippen LogP contribution is 2.14. The van der Waals surface area contributed by atoms with Crippen LogP contribution in [0, 0.1) is 5.92 Å². The Bertz CT molecular complexity index is 134. The molecule has 0 aromatic rings. The van der Waals surface area contributed by atoms with Gasteiger partial charge in [-0.3, -0.25) is 4.90 Å². The lowest BCUT2D eigenvalue weighted by Gasteiger charge is -2.32. The average molecular weight is 234 g/mol. The van der Waals surface area contributed by atoms with E-state index in [1.54, 1.807) is 0 Å². The standard InChI is InChI=1S/C13H28ClN/c1-5-8-12(4)11-15(10-9-14)13(6-2)7-3/h12-13H,5-11H2,1-4H3. The summed E-state index contributed by atoms with van der Waals surface area (Å²) in [6.07, 6.45) is 5.11. The van der Waals surface area contributed by atoms with Crippen LogP contribution in [0.15, 0.2) is 0 Å². The molecular weight excluding hydrogens is 206 g/mol. The number of hydrogen-bond acceptors (Lipinski definition) is 1. The molecule has 0 saturated carbocycles. The van der Waals surface area contributed by atoms with E-state index < -0.39 is 0 Å². The van der Waals surface area contributed by atoms with Crippen LogP contribution >= 0.6 is 11.6 Å². The Hall–Kier alpha value is 0.250. The van der Waals surface area contributed by atoms with E-state index in [4.69, 9.17) is 11.6 Å². The minimum atomic E-state index is 0.725. The monoisotopic (exact) mass is 233 g/mol. The molecule has 0 aromatic heterocycles. The number of hydrogen-bond donors (Lipinski definition) is 0. The molecule has 0 aromatic carbocycles. The van der Waals surface area contributed by atoms with Crippen LogP contribution in [-0.4, -0.2) is 29.9 Å². The molecule has 1 nitrogen and oxygen atoms in total. The second-order valence-electron chi connectivity index (χ2n) is 4.55. The summed E-state index contributed by atoms with van der Waals surface area (Å²) in [5.74, 6) is 1.56. The van der Waals surface area contributed by atoms with E-state index in [-0.39, 0.29) is 0 Å². The summed E-state index contributed by atoms with van der Waals surface area (Å²) in [6, 6.07) is 0.725. The van der Waals surface area contributed by atoms with Crippen LogP contribution in [0.5, 0.6) is 0 Å². The third-order valence-electron chi connectivity index (χ3n) is 3.16. The summed E-state index contributed by atoms with van der Waals surface area (Å²) in [4.78, 5) is 2.58. The van der Waals surface area contributed by atoms with Gasteiger partial charge in [-0.25, -0.2) is 0 Å². The summed E-state index contributed by atoms with van der Waals surface area (Å²) in [6.45, 7) is 11.4. The Morgan fingerprint density at radius 1 is 1.13 bits per heavy atom. The normalized spacial score (nSPS) is 13.8. The first-order valence-electron chi connectivity index (χ1n) is 6.49. The van der Waals surface area contributed by atoms with E-state index in [1.807, 2.05) is 0 Å². The largest absolute Gasteiger partial charge is 0.299 e. The van der Waals surface area contributed by atoms with Crippen LogP contribution in [0.3, 0.4) is 0 Å². The molecule has 0 spiro atoms. The van der Waals surface area contributed by atoms with Gasteiger partial charge >= 0.3 is 0 Å². The molecule has 0 bridgehead atoms. The lowest BCUT2D eigenvalue weighted by Crippen LogP contribution is -2.39. The van der Waals surface area contributed by atoms with Crippen molar-refractivity contribution in [1.82, 2.24) is 4.90 Å². The van der Waals surface area contributed by atoms with Gasteiger partial charge in [0.2, 0.25) is 0 Å². The number of halogens is 1. The summed E-state index contributed by atoms with van der Waals surface area (Å²) in [7, 11) is 0. The lowest BCUT2D eigenvalue weighted by molar-refractivity contribution is 0.168. The van der Waals surface area contributed by atoms with Gasteiger partial charge in [-0.2, -0.15) is 0 Å². The van der Waals surface area contributed by atoms with Crippen LogP contribution in [-0.2, 0) is 0 Å². The van der Waals surface area contributed by atoms with E-state index in [9.17, 15) is 0 Å². The number of rotatable bonds is 9. The van der Waals surface area contributed by atoms with Crippen molar-refractivity contribution in [2.75, 3.05) is 19.0 Å². The van der Waals surface area contributed by atoms with Gasteiger partial charge in [0.25, 0.3) is 0 Å². The average Bonchev–Trinajstić information content (AvgIpc) is 2.20. The zero-order chi connectivity index (χ0) is 11.7. The maximum absolute atomic E-state index is 5.87. The molecule has 1 unspecified atom stereocenters. The molecule has 0 fully saturated rings. The molecule has 92 valence electrons. The molecular formula is C13H28ClN. The Morgan fingerprint density at radius 3 is 2.13 bits per heavy atom. The van der Waals surface area contributed by atoms with E-state index in [0.717, 1.165) is 24.4 Å². The highest BCUT2D eigenvalue weighted by Gasteiger charge is 2.16. The summed E-state index contributed by atoms with van der Waals surface area (Å²) < 4.78 is 0. The minimum absolute atomic E-state index is 0.725. The molecule has 0 aliphatic carbocycles. The Balaban J connectivity index is 4.11. The Morgan fingerprint density at radius 2 is 1.73 bits per heavy atom. The maximum Gasteiger partial charge on any atom is 0.0351 e. The van der Waals surface area contributed by atoms with E-state index >= 15 is 0 Å². The quantitative estimate of drug-likeness (QED) is 0.541. The van der Waals surface area contributed by atoms with Crippen LogP contribution in [0.4, 0.5) is 0 Å². The van der Waals surface area contributed by atoms with Crippen molar-refractivity contribution in [2.45, 2.75) is 59.4 Å². The molecule has 0 N–H and O–H groups in total. The van der Waals surface area contributed by atoms with Crippen molar-refractivity contribution in [1.29, 1.82) is 0 Å². The zero-order valence-corrected chi connectivity index (χ0v) is 11.7. The SMILES string of the molecule is CCCC(C)CN(CCCl)C(CC)CC. The van der Waals surface area contributed by atoms with Crippen molar-refractivity contribution < 1.29 is 0 Å². The van der Waals surface area contributed by atoms with Gasteiger partial charge in [0.05, 0.1) is 0 Å². The van der Waals surface area contributed by atoms with Crippen LogP contribution in [0.2, 0.25) is 0 Å². The molecule has 0 aliphatic heterocycles. The van der Waals surface area contributed by atoms with Gasteiger partial charge in [-0.15, -0.1) is 11.6 Å². The van der Waals surface area contributed by atoms with Crippen molar-refractivity contribution in [3.8, 4) is 0 Å². The highest BCUT2D eigenvalue weighted by molar-refractivity contribution is 6.18. The van der Waals surface area contributed by atoms with Crippen molar-refractivity contribution in [3.05, 3.63) is 0 Å². The first kappa shape index (κ1) is 15.2. The van der Waals surface area contributed by atoms with Gasteiger partial charge < -0.3 is 0 Å². The van der Waals surface area contributed by atoms with Gasteiger partial charge in [-0.05, 0) is 25.2 Å². The first-order valence-corrected chi connectivity index (χ1v) is 7.02. The molecule has 15 heavy (non-hydrogen) atoms. The van der Waals surface area contributed by atoms with Gasteiger partial charge in [0.15, 0.2) is 0 Å². The predicted octanol–water partition coefficient (Wildman–Crippen LogP) is 4.15. The Labute approximate surface area is 101 Å². The fourth-order valence-electron chi connectivity index (χ4n) is 2.32. The summed E-state index contributed by atoms with van der Waals surface area (Å²) in [5, 5.41) is 0. The highest BCUT2D eigenvalue weighted by atomic mass is 35.5. The second-order valence-corrected chi connectivity index (χ2v) is 4.93. The summed E-state index contributed by atoms with van der Waals surface area (Å²) in [5.41, 5.74) is 0. The van der Waals surface area contributed by atoms with Crippen molar-refractivity contribution >= 4 is 11.6 Å². The third-order valence-corrected chi connectivity index (χ3v) is 3.33. The molecule has 1 atom stereocenters. The molecule has 0 aliphatic rings. The first-order chi connectivity index (χ1) is 7.19. The minimum Gasteiger partial charge on any atom is -0.299 e. The smallest absolute Gasteiger partial charge is 0.0351 e. The van der Waals surface area contributed by atoms with Crippen molar-refractivity contribution in [2.24, 2.45) is 5.92 Å². The Kier molecular flexibility index (Phi) is 9.63.